The van der Waals surface area contributed by atoms with Gasteiger partial charge in [-0.3, -0.25) is 9.80 Å². The van der Waals surface area contributed by atoms with E-state index < -0.39 is 0 Å². The molecule has 1 aliphatic heterocycles. The van der Waals surface area contributed by atoms with Crippen LogP contribution in [0, 0.1) is 5.92 Å². The van der Waals surface area contributed by atoms with E-state index in [4.69, 9.17) is 0 Å². The van der Waals surface area contributed by atoms with Crippen molar-refractivity contribution in [2.45, 2.75) is 52.6 Å². The van der Waals surface area contributed by atoms with Crippen molar-refractivity contribution >= 4 is 0 Å². The van der Waals surface area contributed by atoms with E-state index in [9.17, 15) is 0 Å². The van der Waals surface area contributed by atoms with Gasteiger partial charge in [0.1, 0.15) is 0 Å². The van der Waals surface area contributed by atoms with Gasteiger partial charge in [0.15, 0.2) is 0 Å². The second-order valence-corrected chi connectivity index (χ2v) is 6.41. The number of hydrogen-bond donors (Lipinski definition) is 1. The molecule has 2 atom stereocenters. The number of rotatable bonds is 7. The summed E-state index contributed by atoms with van der Waals surface area (Å²) >= 11 is 0. The Balaban J connectivity index is 2.06. The third-order valence-corrected chi connectivity index (χ3v) is 4.18. The molecule has 18 heavy (non-hydrogen) atoms. The molecule has 108 valence electrons. The Labute approximate surface area is 114 Å². The highest BCUT2D eigenvalue weighted by Gasteiger charge is 2.25. The van der Waals surface area contributed by atoms with Crippen LogP contribution in [-0.2, 0) is 0 Å². The lowest BCUT2D eigenvalue weighted by Gasteiger charge is -2.42. The molecule has 3 heteroatoms. The van der Waals surface area contributed by atoms with Crippen molar-refractivity contribution in [3.63, 3.8) is 0 Å². The summed E-state index contributed by atoms with van der Waals surface area (Å²) in [5, 5.41) is 3.57. The van der Waals surface area contributed by atoms with Crippen LogP contribution in [0.5, 0.6) is 0 Å². The molecular formula is C15H33N3. The molecule has 0 amide bonds. The molecule has 0 aromatic heterocycles. The number of nitrogens with zero attached hydrogens (tertiary/aromatic N) is 2. The largest absolute Gasteiger partial charge is 0.315 e. The van der Waals surface area contributed by atoms with Gasteiger partial charge in [-0.05, 0) is 46.2 Å². The van der Waals surface area contributed by atoms with Gasteiger partial charge in [-0.1, -0.05) is 13.8 Å². The fraction of sp³-hybridized carbons (Fsp3) is 1.00. The van der Waals surface area contributed by atoms with E-state index in [1.165, 1.54) is 39.0 Å². The minimum absolute atomic E-state index is 0.690. The van der Waals surface area contributed by atoms with E-state index in [0.29, 0.717) is 12.1 Å². The average molecular weight is 255 g/mol. The lowest BCUT2D eigenvalue weighted by atomic mass is 10.1. The van der Waals surface area contributed by atoms with Crippen LogP contribution in [0.3, 0.4) is 0 Å². The molecule has 1 rings (SSSR count). The first kappa shape index (κ1) is 15.9. The molecule has 1 saturated heterocycles. The lowest BCUT2D eigenvalue weighted by Crippen LogP contribution is -2.55. The SMILES string of the molecule is CC(C)CCCNCCN1CC(C)N(C)C(C)C1. The molecule has 0 bridgehead atoms. The highest BCUT2D eigenvalue weighted by molar-refractivity contribution is 4.82. The molecular weight excluding hydrogens is 222 g/mol. The minimum atomic E-state index is 0.690. The molecule has 0 spiro atoms. The molecule has 2 unspecified atom stereocenters. The van der Waals surface area contributed by atoms with E-state index in [1.807, 2.05) is 0 Å². The summed E-state index contributed by atoms with van der Waals surface area (Å²) < 4.78 is 0. The van der Waals surface area contributed by atoms with E-state index in [1.54, 1.807) is 0 Å². The monoisotopic (exact) mass is 255 g/mol. The van der Waals surface area contributed by atoms with Gasteiger partial charge in [-0.15, -0.1) is 0 Å². The minimum Gasteiger partial charge on any atom is -0.315 e. The second-order valence-electron chi connectivity index (χ2n) is 6.41. The summed E-state index contributed by atoms with van der Waals surface area (Å²) in [6.07, 6.45) is 2.66. The highest BCUT2D eigenvalue weighted by atomic mass is 15.3. The van der Waals surface area contributed by atoms with Gasteiger partial charge >= 0.3 is 0 Å². The van der Waals surface area contributed by atoms with Crippen LogP contribution in [0.25, 0.3) is 0 Å². The third-order valence-electron chi connectivity index (χ3n) is 4.18. The molecule has 1 N–H and O–H groups in total. The van der Waals surface area contributed by atoms with Gasteiger partial charge < -0.3 is 5.32 Å². The van der Waals surface area contributed by atoms with Crippen LogP contribution in [0.15, 0.2) is 0 Å². The first-order valence-electron chi connectivity index (χ1n) is 7.65. The fourth-order valence-electron chi connectivity index (χ4n) is 2.69. The first-order chi connectivity index (χ1) is 8.50. The van der Waals surface area contributed by atoms with Crippen LogP contribution in [0.4, 0.5) is 0 Å². The van der Waals surface area contributed by atoms with Crippen molar-refractivity contribution < 1.29 is 0 Å². The Bertz CT molecular complexity index is 206. The maximum absolute atomic E-state index is 3.57. The smallest absolute Gasteiger partial charge is 0.0195 e. The van der Waals surface area contributed by atoms with Crippen molar-refractivity contribution in [2.24, 2.45) is 5.92 Å². The molecule has 1 aliphatic rings. The summed E-state index contributed by atoms with van der Waals surface area (Å²) in [4.78, 5) is 5.09. The lowest BCUT2D eigenvalue weighted by molar-refractivity contribution is 0.0608. The molecule has 0 aromatic rings. The number of likely N-dealkylation sites (N-methyl/N-ethyl adjacent to an activating group) is 1. The second kappa shape index (κ2) is 8.13. The zero-order valence-corrected chi connectivity index (χ0v) is 13.1. The van der Waals surface area contributed by atoms with Crippen LogP contribution < -0.4 is 5.32 Å². The van der Waals surface area contributed by atoms with Crippen LogP contribution in [0.1, 0.15) is 40.5 Å². The Morgan fingerprint density at radius 1 is 1.11 bits per heavy atom. The van der Waals surface area contributed by atoms with E-state index in [-0.39, 0.29) is 0 Å². The van der Waals surface area contributed by atoms with Gasteiger partial charge in [-0.2, -0.15) is 0 Å². The summed E-state index contributed by atoms with van der Waals surface area (Å²) in [6, 6.07) is 1.38. The van der Waals surface area contributed by atoms with E-state index in [2.05, 4.69) is 49.9 Å². The number of piperazine rings is 1. The fourth-order valence-corrected chi connectivity index (χ4v) is 2.69. The Morgan fingerprint density at radius 2 is 1.72 bits per heavy atom. The molecule has 0 aliphatic carbocycles. The summed E-state index contributed by atoms with van der Waals surface area (Å²) in [5.41, 5.74) is 0. The van der Waals surface area contributed by atoms with Gasteiger partial charge in [0.2, 0.25) is 0 Å². The Morgan fingerprint density at radius 3 is 2.28 bits per heavy atom. The third kappa shape index (κ3) is 5.68. The number of nitrogens with one attached hydrogen (secondary N) is 1. The average Bonchev–Trinajstić information content (AvgIpc) is 2.30. The maximum atomic E-state index is 3.57. The summed E-state index contributed by atoms with van der Waals surface area (Å²) in [5.74, 6) is 0.839. The van der Waals surface area contributed by atoms with Gasteiger partial charge in [0, 0.05) is 38.3 Å². The van der Waals surface area contributed by atoms with Crippen LogP contribution in [0.2, 0.25) is 0 Å². The van der Waals surface area contributed by atoms with E-state index in [0.717, 1.165) is 12.5 Å². The van der Waals surface area contributed by atoms with Crippen molar-refractivity contribution in [1.82, 2.24) is 15.1 Å². The topological polar surface area (TPSA) is 18.5 Å². The summed E-state index contributed by atoms with van der Waals surface area (Å²) in [6.45, 7) is 15.2. The normalized spacial score (nSPS) is 27.0. The molecule has 0 radical (unpaired) electrons. The Hall–Kier alpha value is -0.120. The molecule has 1 fully saturated rings. The predicted molar refractivity (Wildman–Crippen MR) is 80.1 cm³/mol. The molecule has 0 aromatic carbocycles. The van der Waals surface area contributed by atoms with Crippen molar-refractivity contribution in [2.75, 3.05) is 39.8 Å². The number of hydrogen-bond acceptors (Lipinski definition) is 3. The maximum Gasteiger partial charge on any atom is 0.0195 e. The zero-order chi connectivity index (χ0) is 13.5. The molecule has 1 heterocycles. The molecule has 3 nitrogen and oxygen atoms in total. The Kier molecular flexibility index (Phi) is 7.20. The summed E-state index contributed by atoms with van der Waals surface area (Å²) in [7, 11) is 2.25. The highest BCUT2D eigenvalue weighted by Crippen LogP contribution is 2.12. The van der Waals surface area contributed by atoms with Crippen molar-refractivity contribution in [3.05, 3.63) is 0 Å². The predicted octanol–water partition coefficient (Wildman–Crippen LogP) is 2.04. The molecule has 0 saturated carbocycles. The van der Waals surface area contributed by atoms with E-state index >= 15 is 0 Å². The van der Waals surface area contributed by atoms with Crippen molar-refractivity contribution in [1.29, 1.82) is 0 Å². The van der Waals surface area contributed by atoms with Crippen LogP contribution >= 0.6 is 0 Å². The standard InChI is InChI=1S/C15H33N3/c1-13(2)7-6-8-16-9-10-18-11-14(3)17(5)15(4)12-18/h13-16H,6-12H2,1-5H3. The van der Waals surface area contributed by atoms with Gasteiger partial charge in [-0.25, -0.2) is 0 Å². The van der Waals surface area contributed by atoms with Crippen molar-refractivity contribution in [3.8, 4) is 0 Å². The van der Waals surface area contributed by atoms with Gasteiger partial charge in [0.05, 0.1) is 0 Å². The zero-order valence-electron chi connectivity index (χ0n) is 13.1. The first-order valence-corrected chi connectivity index (χ1v) is 7.65. The van der Waals surface area contributed by atoms with Gasteiger partial charge in [0.25, 0.3) is 0 Å². The quantitative estimate of drug-likeness (QED) is 0.702. The van der Waals surface area contributed by atoms with Crippen LogP contribution in [-0.4, -0.2) is 61.7 Å².